The standard InChI is InChI=1S/C17H19F3N4O2/c1-24-10-2-3-11(24)7-9(6-10)21-16(25)15-13-5-4-12(26-17(18,19)20)8-14(13)22-23-15/h4-5,8-11H,2-3,6-7H2,1H3,(H,21,25)(H,22,23)/t9-,10+,11-. The van der Waals surface area contributed by atoms with Crippen LogP contribution in [0.1, 0.15) is 36.2 Å². The van der Waals surface area contributed by atoms with Crippen molar-refractivity contribution in [3.63, 3.8) is 0 Å². The molecule has 0 unspecified atom stereocenters. The quantitative estimate of drug-likeness (QED) is 0.874. The number of nitrogens with one attached hydrogen (secondary N) is 2. The molecule has 4 rings (SSSR count). The van der Waals surface area contributed by atoms with Gasteiger partial charge in [-0.2, -0.15) is 5.10 Å². The third-order valence-corrected chi connectivity index (χ3v) is 5.42. The number of carbonyl (C=O) groups excluding carboxylic acids is 1. The van der Waals surface area contributed by atoms with Crippen LogP contribution in [0.2, 0.25) is 0 Å². The number of piperidine rings is 1. The Kier molecular flexibility index (Phi) is 4.06. The maximum Gasteiger partial charge on any atom is 0.573 e. The number of hydrogen-bond donors (Lipinski definition) is 2. The van der Waals surface area contributed by atoms with Crippen molar-refractivity contribution in [3.05, 3.63) is 23.9 Å². The number of rotatable bonds is 3. The average molecular weight is 368 g/mol. The van der Waals surface area contributed by atoms with Crippen molar-refractivity contribution >= 4 is 16.8 Å². The van der Waals surface area contributed by atoms with Gasteiger partial charge in [-0.3, -0.25) is 9.89 Å². The zero-order chi connectivity index (χ0) is 18.5. The predicted octanol–water partition coefficient (Wildman–Crippen LogP) is 2.82. The lowest BCUT2D eigenvalue weighted by Crippen LogP contribution is -2.48. The number of H-pyrrole nitrogens is 1. The number of benzene rings is 1. The van der Waals surface area contributed by atoms with Crippen molar-refractivity contribution in [1.29, 1.82) is 0 Å². The van der Waals surface area contributed by atoms with Gasteiger partial charge in [0.1, 0.15) is 5.75 Å². The lowest BCUT2D eigenvalue weighted by molar-refractivity contribution is -0.274. The van der Waals surface area contributed by atoms with Crippen LogP contribution in [0.5, 0.6) is 5.75 Å². The molecule has 2 fully saturated rings. The van der Waals surface area contributed by atoms with Crippen molar-refractivity contribution in [2.75, 3.05) is 7.05 Å². The van der Waals surface area contributed by atoms with Gasteiger partial charge in [0.05, 0.1) is 5.52 Å². The van der Waals surface area contributed by atoms with Crippen LogP contribution in [-0.2, 0) is 0 Å². The Morgan fingerprint density at radius 1 is 1.31 bits per heavy atom. The average Bonchev–Trinajstić information content (AvgIpc) is 3.03. The number of aromatic amines is 1. The molecule has 1 aromatic carbocycles. The van der Waals surface area contributed by atoms with E-state index in [-0.39, 0.29) is 23.4 Å². The summed E-state index contributed by atoms with van der Waals surface area (Å²) in [4.78, 5) is 15.0. The minimum atomic E-state index is -4.76. The van der Waals surface area contributed by atoms with E-state index in [0.717, 1.165) is 25.7 Å². The first-order chi connectivity index (χ1) is 12.3. The maximum absolute atomic E-state index is 12.6. The van der Waals surface area contributed by atoms with Gasteiger partial charge in [0.15, 0.2) is 5.69 Å². The molecule has 26 heavy (non-hydrogen) atoms. The topological polar surface area (TPSA) is 70.2 Å². The van der Waals surface area contributed by atoms with Crippen molar-refractivity contribution < 1.29 is 22.7 Å². The first-order valence-electron chi connectivity index (χ1n) is 8.57. The van der Waals surface area contributed by atoms with Gasteiger partial charge in [-0.05, 0) is 44.9 Å². The van der Waals surface area contributed by atoms with E-state index in [2.05, 4.69) is 32.2 Å². The third-order valence-electron chi connectivity index (χ3n) is 5.42. The Balaban J connectivity index is 1.49. The molecular formula is C17H19F3N4O2. The number of amides is 1. The van der Waals surface area contributed by atoms with Crippen LogP contribution in [0.4, 0.5) is 13.2 Å². The monoisotopic (exact) mass is 368 g/mol. The molecule has 2 aromatic rings. The first-order valence-corrected chi connectivity index (χ1v) is 8.57. The number of alkyl halides is 3. The predicted molar refractivity (Wildman–Crippen MR) is 87.8 cm³/mol. The summed E-state index contributed by atoms with van der Waals surface area (Å²) in [6.45, 7) is 0. The van der Waals surface area contributed by atoms with Gasteiger partial charge in [0, 0.05) is 29.6 Å². The number of hydrogen-bond acceptors (Lipinski definition) is 4. The maximum atomic E-state index is 12.6. The van der Waals surface area contributed by atoms with E-state index in [9.17, 15) is 18.0 Å². The van der Waals surface area contributed by atoms with Crippen LogP contribution in [0, 0.1) is 0 Å². The molecule has 140 valence electrons. The molecule has 3 heterocycles. The Morgan fingerprint density at radius 2 is 2.00 bits per heavy atom. The second-order valence-electron chi connectivity index (χ2n) is 7.02. The fourth-order valence-electron chi connectivity index (χ4n) is 4.15. The summed E-state index contributed by atoms with van der Waals surface area (Å²) >= 11 is 0. The van der Waals surface area contributed by atoms with Crippen LogP contribution in [-0.4, -0.2) is 52.5 Å². The highest BCUT2D eigenvalue weighted by molar-refractivity contribution is 6.05. The number of aromatic nitrogens is 2. The van der Waals surface area contributed by atoms with E-state index >= 15 is 0 Å². The number of nitrogens with zero attached hydrogens (tertiary/aromatic N) is 2. The lowest BCUT2D eigenvalue weighted by Gasteiger charge is -2.36. The second-order valence-corrected chi connectivity index (χ2v) is 7.02. The summed E-state index contributed by atoms with van der Waals surface area (Å²) in [5.74, 6) is -0.665. The minimum absolute atomic E-state index is 0.0933. The molecule has 2 N–H and O–H groups in total. The molecule has 1 aromatic heterocycles. The molecule has 0 saturated carbocycles. The molecule has 2 saturated heterocycles. The Morgan fingerprint density at radius 3 is 2.65 bits per heavy atom. The zero-order valence-electron chi connectivity index (χ0n) is 14.1. The van der Waals surface area contributed by atoms with Gasteiger partial charge in [-0.25, -0.2) is 0 Å². The van der Waals surface area contributed by atoms with Crippen LogP contribution in [0.3, 0.4) is 0 Å². The fourth-order valence-corrected chi connectivity index (χ4v) is 4.15. The van der Waals surface area contributed by atoms with Crippen molar-refractivity contribution in [2.24, 2.45) is 0 Å². The first kappa shape index (κ1) is 17.1. The molecule has 6 nitrogen and oxygen atoms in total. The summed E-state index contributed by atoms with van der Waals surface area (Å²) in [7, 11) is 2.13. The van der Waals surface area contributed by atoms with Crippen LogP contribution in [0.25, 0.3) is 10.9 Å². The van der Waals surface area contributed by atoms with Crippen molar-refractivity contribution in [3.8, 4) is 5.75 Å². The minimum Gasteiger partial charge on any atom is -0.406 e. The summed E-state index contributed by atoms with van der Waals surface area (Å²) in [6.07, 6.45) is -0.640. The number of ether oxygens (including phenoxy) is 1. The molecule has 0 radical (unpaired) electrons. The van der Waals surface area contributed by atoms with Crippen LogP contribution >= 0.6 is 0 Å². The smallest absolute Gasteiger partial charge is 0.406 e. The van der Waals surface area contributed by atoms with E-state index in [4.69, 9.17) is 0 Å². The molecule has 1 amide bonds. The largest absolute Gasteiger partial charge is 0.573 e. The molecule has 2 bridgehead atoms. The number of carbonyl (C=O) groups is 1. The molecule has 2 aliphatic rings. The molecule has 3 atom stereocenters. The van der Waals surface area contributed by atoms with Crippen LogP contribution < -0.4 is 10.1 Å². The van der Waals surface area contributed by atoms with Crippen molar-refractivity contribution in [1.82, 2.24) is 20.4 Å². The molecule has 2 aliphatic heterocycles. The highest BCUT2D eigenvalue weighted by Gasteiger charge is 2.39. The fraction of sp³-hybridized carbons (Fsp3) is 0.529. The van der Waals surface area contributed by atoms with E-state index in [0.29, 0.717) is 23.0 Å². The third kappa shape index (κ3) is 3.23. The van der Waals surface area contributed by atoms with Gasteiger partial charge in [-0.1, -0.05) is 0 Å². The van der Waals surface area contributed by atoms with Crippen LogP contribution in [0.15, 0.2) is 18.2 Å². The van der Waals surface area contributed by atoms with Gasteiger partial charge >= 0.3 is 6.36 Å². The highest BCUT2D eigenvalue weighted by Crippen LogP contribution is 2.34. The van der Waals surface area contributed by atoms with Crippen molar-refractivity contribution in [2.45, 2.75) is 50.2 Å². The molecular weight excluding hydrogens is 349 g/mol. The SMILES string of the molecule is CN1[C@@H]2CC[C@H]1C[C@@H](NC(=O)c1n[nH]c3cc(OC(F)(F)F)ccc13)C2. The zero-order valence-corrected chi connectivity index (χ0v) is 14.1. The normalized spacial score (nSPS) is 26.2. The Bertz CT molecular complexity index is 821. The Labute approximate surface area is 147 Å². The summed E-state index contributed by atoms with van der Waals surface area (Å²) < 4.78 is 40.8. The second kappa shape index (κ2) is 6.15. The van der Waals surface area contributed by atoms with Gasteiger partial charge in [-0.15, -0.1) is 13.2 Å². The molecule has 9 heteroatoms. The van der Waals surface area contributed by atoms with E-state index < -0.39 is 6.36 Å². The van der Waals surface area contributed by atoms with E-state index in [1.807, 2.05) is 0 Å². The Hall–Kier alpha value is -2.29. The van der Waals surface area contributed by atoms with Gasteiger partial charge in [0.2, 0.25) is 0 Å². The van der Waals surface area contributed by atoms with E-state index in [1.165, 1.54) is 18.2 Å². The summed E-state index contributed by atoms with van der Waals surface area (Å²) in [6, 6.07) is 4.86. The molecule has 0 aliphatic carbocycles. The number of fused-ring (bicyclic) bond motifs is 3. The van der Waals surface area contributed by atoms with Gasteiger partial charge in [0.25, 0.3) is 5.91 Å². The lowest BCUT2D eigenvalue weighted by atomic mass is 9.98. The number of halogens is 3. The summed E-state index contributed by atoms with van der Waals surface area (Å²) in [5, 5.41) is 10.1. The van der Waals surface area contributed by atoms with Gasteiger partial charge < -0.3 is 15.0 Å². The summed E-state index contributed by atoms with van der Waals surface area (Å²) in [5.41, 5.74) is 0.505. The highest BCUT2D eigenvalue weighted by atomic mass is 19.4. The van der Waals surface area contributed by atoms with E-state index in [1.54, 1.807) is 0 Å². The molecule has 0 spiro atoms.